The highest BCUT2D eigenvalue weighted by Crippen LogP contribution is 2.45. The summed E-state index contributed by atoms with van der Waals surface area (Å²) in [6.45, 7) is 5.33. The van der Waals surface area contributed by atoms with Gasteiger partial charge in [0, 0.05) is 31.6 Å². The summed E-state index contributed by atoms with van der Waals surface area (Å²) >= 11 is 0. The number of carbonyl (C=O) groups excluding carboxylic acids is 1. The van der Waals surface area contributed by atoms with Gasteiger partial charge in [-0.15, -0.1) is 0 Å². The Kier molecular flexibility index (Phi) is 8.69. The molecule has 2 heterocycles. The molecule has 1 aromatic rings. The molecule has 2 atom stereocenters. The number of rotatable bonds is 5. The van der Waals surface area contributed by atoms with Gasteiger partial charge in [0.05, 0.1) is 19.3 Å². The minimum absolute atomic E-state index is 0.0149. The zero-order valence-corrected chi connectivity index (χ0v) is 18.1. The van der Waals surface area contributed by atoms with E-state index in [1.54, 1.807) is 4.90 Å². The number of morpholine rings is 1. The third-order valence-electron chi connectivity index (χ3n) is 6.60. The number of hydrogen-bond acceptors (Lipinski definition) is 6. The molecule has 3 aliphatic rings. The molecular formula is C23H34N2O6. The molecule has 31 heavy (non-hydrogen) atoms. The third-order valence-corrected chi connectivity index (χ3v) is 6.60. The summed E-state index contributed by atoms with van der Waals surface area (Å²) in [5.74, 6) is 0.743. The average molecular weight is 435 g/mol. The van der Waals surface area contributed by atoms with E-state index in [9.17, 15) is 9.90 Å². The molecule has 4 rings (SSSR count). The first-order valence-electron chi connectivity index (χ1n) is 11.1. The molecule has 2 N–H and O–H groups in total. The average Bonchev–Trinajstić information content (AvgIpc) is 3.13. The first-order valence-corrected chi connectivity index (χ1v) is 11.1. The second-order valence-electron chi connectivity index (χ2n) is 8.62. The van der Waals surface area contributed by atoms with Crippen LogP contribution in [0.15, 0.2) is 24.3 Å². The third kappa shape index (κ3) is 6.41. The highest BCUT2D eigenvalue weighted by atomic mass is 16.5. The molecular weight excluding hydrogens is 400 g/mol. The maximum Gasteiger partial charge on any atom is 0.290 e. The maximum atomic E-state index is 12.2. The predicted molar refractivity (Wildman–Crippen MR) is 115 cm³/mol. The van der Waals surface area contributed by atoms with E-state index in [0.717, 1.165) is 51.1 Å². The quantitative estimate of drug-likeness (QED) is 0.681. The van der Waals surface area contributed by atoms with Crippen molar-refractivity contribution in [3.8, 4) is 5.75 Å². The van der Waals surface area contributed by atoms with Crippen molar-refractivity contribution in [2.45, 2.75) is 44.8 Å². The lowest BCUT2D eigenvalue weighted by Crippen LogP contribution is -2.46. The molecule has 2 saturated heterocycles. The first-order chi connectivity index (χ1) is 15.1. The normalized spacial score (nSPS) is 26.2. The van der Waals surface area contributed by atoms with E-state index in [0.29, 0.717) is 26.3 Å². The van der Waals surface area contributed by atoms with E-state index < -0.39 is 0 Å². The summed E-state index contributed by atoms with van der Waals surface area (Å²) in [5, 5.41) is 17.3. The van der Waals surface area contributed by atoms with Gasteiger partial charge in [0.15, 0.2) is 6.61 Å². The Morgan fingerprint density at radius 3 is 2.48 bits per heavy atom. The monoisotopic (exact) mass is 434 g/mol. The number of carbonyl (C=O) groups is 2. The fourth-order valence-corrected chi connectivity index (χ4v) is 4.99. The minimum atomic E-state index is -0.250. The number of nitrogens with zero attached hydrogens (tertiary/aromatic N) is 2. The van der Waals surface area contributed by atoms with Gasteiger partial charge in [0.2, 0.25) is 0 Å². The lowest BCUT2D eigenvalue weighted by atomic mass is 9.76. The van der Waals surface area contributed by atoms with Gasteiger partial charge in [-0.1, -0.05) is 18.6 Å². The molecule has 0 radical (unpaired) electrons. The van der Waals surface area contributed by atoms with Gasteiger partial charge in [-0.2, -0.15) is 0 Å². The molecule has 1 saturated carbocycles. The van der Waals surface area contributed by atoms with Gasteiger partial charge in [-0.3, -0.25) is 14.5 Å². The van der Waals surface area contributed by atoms with Gasteiger partial charge in [0.1, 0.15) is 5.75 Å². The van der Waals surface area contributed by atoms with Gasteiger partial charge in [0.25, 0.3) is 12.4 Å². The summed E-state index contributed by atoms with van der Waals surface area (Å²) in [7, 11) is 0. The van der Waals surface area contributed by atoms with Crippen LogP contribution in [-0.4, -0.2) is 84.5 Å². The Labute approximate surface area is 183 Å². The molecule has 3 fully saturated rings. The smallest absolute Gasteiger partial charge is 0.290 e. The Morgan fingerprint density at radius 1 is 1.16 bits per heavy atom. The molecule has 0 bridgehead atoms. The molecule has 1 aromatic carbocycles. The van der Waals surface area contributed by atoms with Crippen LogP contribution in [0, 0.1) is 5.41 Å². The lowest BCUT2D eigenvalue weighted by Gasteiger charge is -2.42. The SMILES string of the molecule is O=C(COc1ccc(CN2CCC[C@]3(CCC[C@H]3O)C2)cc1)N1CCOCC1.O=CO. The predicted octanol–water partition coefficient (Wildman–Crippen LogP) is 1.75. The van der Waals surface area contributed by atoms with Gasteiger partial charge < -0.3 is 24.6 Å². The molecule has 1 amide bonds. The van der Waals surface area contributed by atoms with Gasteiger partial charge >= 0.3 is 0 Å². The standard InChI is InChI=1S/C22H32N2O4.CH2O2/c25-20-3-1-8-22(20)9-2-10-23(17-22)15-18-4-6-19(7-5-18)28-16-21(26)24-11-13-27-14-12-24;2-1-3/h4-7,20,25H,1-3,8-17H2;1H,(H,2,3)/t20-,22-;/m1./s1. The van der Waals surface area contributed by atoms with E-state index >= 15 is 0 Å². The summed E-state index contributed by atoms with van der Waals surface area (Å²) in [6.07, 6.45) is 5.48. The maximum absolute atomic E-state index is 12.2. The van der Waals surface area contributed by atoms with Crippen molar-refractivity contribution in [2.75, 3.05) is 46.0 Å². The van der Waals surface area contributed by atoms with Crippen LogP contribution in [0.25, 0.3) is 0 Å². The number of ether oxygens (including phenoxy) is 2. The fourth-order valence-electron chi connectivity index (χ4n) is 4.99. The van der Waals surface area contributed by atoms with Crippen molar-refractivity contribution < 1.29 is 29.3 Å². The molecule has 172 valence electrons. The van der Waals surface area contributed by atoms with Crippen LogP contribution in [-0.2, 0) is 20.9 Å². The number of benzene rings is 1. The number of aliphatic hydroxyl groups excluding tert-OH is 1. The summed E-state index contributed by atoms with van der Waals surface area (Å²) in [4.78, 5) is 24.8. The van der Waals surface area contributed by atoms with Crippen molar-refractivity contribution >= 4 is 12.4 Å². The zero-order valence-electron chi connectivity index (χ0n) is 18.1. The van der Waals surface area contributed by atoms with E-state index in [1.807, 2.05) is 12.1 Å². The number of amides is 1. The molecule has 0 aromatic heterocycles. The summed E-state index contributed by atoms with van der Waals surface area (Å²) in [6, 6.07) is 8.07. The lowest BCUT2D eigenvalue weighted by molar-refractivity contribution is -0.137. The molecule has 2 aliphatic heterocycles. The van der Waals surface area contributed by atoms with Gasteiger partial charge in [-0.25, -0.2) is 0 Å². The van der Waals surface area contributed by atoms with Crippen LogP contribution in [0.2, 0.25) is 0 Å². The van der Waals surface area contributed by atoms with E-state index in [1.165, 1.54) is 12.0 Å². The highest BCUT2D eigenvalue weighted by Gasteiger charge is 2.44. The van der Waals surface area contributed by atoms with Crippen LogP contribution in [0.4, 0.5) is 0 Å². The largest absolute Gasteiger partial charge is 0.484 e. The van der Waals surface area contributed by atoms with Crippen molar-refractivity contribution in [3.63, 3.8) is 0 Å². The van der Waals surface area contributed by atoms with Crippen LogP contribution in [0.3, 0.4) is 0 Å². The number of hydrogen-bond donors (Lipinski definition) is 2. The van der Waals surface area contributed by atoms with Crippen molar-refractivity contribution in [2.24, 2.45) is 5.41 Å². The number of carboxylic acid groups (broad SMARTS) is 1. The molecule has 1 spiro atoms. The zero-order chi connectivity index (χ0) is 22.1. The molecule has 1 aliphatic carbocycles. The van der Waals surface area contributed by atoms with Gasteiger partial charge in [-0.05, 0) is 49.9 Å². The second kappa shape index (κ2) is 11.5. The number of aliphatic hydroxyl groups is 1. The fraction of sp³-hybridized carbons (Fsp3) is 0.652. The Bertz CT molecular complexity index is 707. The summed E-state index contributed by atoms with van der Waals surface area (Å²) < 4.78 is 10.9. The van der Waals surface area contributed by atoms with Crippen LogP contribution in [0.1, 0.15) is 37.7 Å². The Morgan fingerprint density at radius 2 is 1.84 bits per heavy atom. The number of likely N-dealkylation sites (tertiary alicyclic amines) is 1. The van der Waals surface area contributed by atoms with E-state index in [4.69, 9.17) is 19.4 Å². The van der Waals surface area contributed by atoms with Crippen molar-refractivity contribution in [1.29, 1.82) is 0 Å². The Balaban J connectivity index is 0.000000858. The van der Waals surface area contributed by atoms with Crippen LogP contribution >= 0.6 is 0 Å². The molecule has 8 nitrogen and oxygen atoms in total. The second-order valence-corrected chi connectivity index (χ2v) is 8.62. The van der Waals surface area contributed by atoms with Crippen LogP contribution in [0.5, 0.6) is 5.75 Å². The summed E-state index contributed by atoms with van der Waals surface area (Å²) in [5.41, 5.74) is 1.37. The van der Waals surface area contributed by atoms with Crippen molar-refractivity contribution in [1.82, 2.24) is 9.80 Å². The topological polar surface area (TPSA) is 99.5 Å². The van der Waals surface area contributed by atoms with Crippen LogP contribution < -0.4 is 4.74 Å². The van der Waals surface area contributed by atoms with Crippen molar-refractivity contribution in [3.05, 3.63) is 29.8 Å². The van der Waals surface area contributed by atoms with E-state index in [-0.39, 0.29) is 30.5 Å². The van der Waals surface area contributed by atoms with E-state index in [2.05, 4.69) is 17.0 Å². The number of piperidine rings is 1. The molecule has 0 unspecified atom stereocenters. The highest BCUT2D eigenvalue weighted by molar-refractivity contribution is 5.77. The molecule has 8 heteroatoms. The minimum Gasteiger partial charge on any atom is -0.484 e. The first kappa shape index (κ1) is 23.5. The Hall–Kier alpha value is -2.16.